The predicted octanol–water partition coefficient (Wildman–Crippen LogP) is 2.37. The van der Waals surface area contributed by atoms with Crippen molar-refractivity contribution in [3.05, 3.63) is 30.0 Å². The van der Waals surface area contributed by atoms with Crippen molar-refractivity contribution in [3.63, 3.8) is 0 Å². The molecule has 3 N–H and O–H groups in total. The number of fused-ring (bicyclic) bond motifs is 1. The second-order valence-electron chi connectivity index (χ2n) is 7.12. The first-order valence-corrected chi connectivity index (χ1v) is 8.88. The molecule has 2 heterocycles. The van der Waals surface area contributed by atoms with Gasteiger partial charge < -0.3 is 20.4 Å². The molecule has 2 aliphatic rings. The maximum absolute atomic E-state index is 12.5. The van der Waals surface area contributed by atoms with Gasteiger partial charge >= 0.3 is 0 Å². The van der Waals surface area contributed by atoms with Gasteiger partial charge in [-0.1, -0.05) is 18.9 Å². The summed E-state index contributed by atoms with van der Waals surface area (Å²) in [6.45, 7) is 1.66. The number of hydrogen-bond donors (Lipinski definition) is 3. The SMILES string of the molecule is COc1cccc2[nH]cc(CCNC(=O)C3NCC34CCCC4)c12. The predicted molar refractivity (Wildman–Crippen MR) is 94.3 cm³/mol. The van der Waals surface area contributed by atoms with Crippen LogP contribution >= 0.6 is 0 Å². The van der Waals surface area contributed by atoms with E-state index in [1.165, 1.54) is 31.2 Å². The molecule has 5 heteroatoms. The van der Waals surface area contributed by atoms with Crippen LogP contribution in [0, 0.1) is 5.41 Å². The van der Waals surface area contributed by atoms with Crippen LogP contribution in [0.1, 0.15) is 31.2 Å². The van der Waals surface area contributed by atoms with E-state index in [2.05, 4.69) is 15.6 Å². The van der Waals surface area contributed by atoms with E-state index in [-0.39, 0.29) is 17.4 Å². The molecular weight excluding hydrogens is 302 g/mol. The molecule has 0 bridgehead atoms. The molecule has 0 radical (unpaired) electrons. The number of carbonyl (C=O) groups excluding carboxylic acids is 1. The van der Waals surface area contributed by atoms with Crippen LogP contribution in [0.15, 0.2) is 24.4 Å². The maximum atomic E-state index is 12.5. The molecule has 1 aromatic heterocycles. The zero-order valence-corrected chi connectivity index (χ0v) is 14.2. The molecule has 24 heavy (non-hydrogen) atoms. The second-order valence-corrected chi connectivity index (χ2v) is 7.12. The quantitative estimate of drug-likeness (QED) is 0.790. The van der Waals surface area contributed by atoms with E-state index in [1.807, 2.05) is 24.4 Å². The van der Waals surface area contributed by atoms with E-state index in [0.717, 1.165) is 29.6 Å². The van der Waals surface area contributed by atoms with Gasteiger partial charge in [0.1, 0.15) is 5.75 Å². The standard InChI is InChI=1S/C19H25N3O2/c1-24-15-6-4-5-14-16(15)13(11-21-14)7-10-20-18(23)17-19(12-22-17)8-2-3-9-19/h4-6,11,17,21-22H,2-3,7-10,12H2,1H3,(H,20,23). The van der Waals surface area contributed by atoms with Crippen molar-refractivity contribution >= 4 is 16.8 Å². The first-order chi connectivity index (χ1) is 11.7. The van der Waals surface area contributed by atoms with E-state index < -0.39 is 0 Å². The van der Waals surface area contributed by atoms with Crippen LogP contribution in [0.25, 0.3) is 10.9 Å². The molecule has 1 spiro atoms. The van der Waals surface area contributed by atoms with Gasteiger partial charge in [0, 0.05) is 35.6 Å². The monoisotopic (exact) mass is 327 g/mol. The maximum Gasteiger partial charge on any atom is 0.237 e. The fourth-order valence-electron chi connectivity index (χ4n) is 4.42. The Hall–Kier alpha value is -2.01. The second kappa shape index (κ2) is 6.13. The lowest BCUT2D eigenvalue weighted by Gasteiger charge is -2.47. The summed E-state index contributed by atoms with van der Waals surface area (Å²) in [5.41, 5.74) is 2.50. The summed E-state index contributed by atoms with van der Waals surface area (Å²) in [7, 11) is 1.69. The number of nitrogens with one attached hydrogen (secondary N) is 3. The van der Waals surface area contributed by atoms with Gasteiger partial charge in [0.15, 0.2) is 0 Å². The molecule has 128 valence electrons. The van der Waals surface area contributed by atoms with Crippen molar-refractivity contribution < 1.29 is 9.53 Å². The summed E-state index contributed by atoms with van der Waals surface area (Å²) in [6, 6.07) is 6.01. The van der Waals surface area contributed by atoms with Gasteiger partial charge in [0.25, 0.3) is 0 Å². The first kappa shape index (κ1) is 15.5. The van der Waals surface area contributed by atoms with E-state index in [0.29, 0.717) is 6.54 Å². The van der Waals surface area contributed by atoms with E-state index in [4.69, 9.17) is 4.74 Å². The minimum absolute atomic E-state index is 0.0116. The largest absolute Gasteiger partial charge is 0.496 e. The Balaban J connectivity index is 1.39. The van der Waals surface area contributed by atoms with Gasteiger partial charge in [-0.15, -0.1) is 0 Å². The Morgan fingerprint density at radius 3 is 2.92 bits per heavy atom. The number of rotatable bonds is 5. The van der Waals surface area contributed by atoms with Crippen molar-refractivity contribution in [3.8, 4) is 5.75 Å². The number of aromatic nitrogens is 1. The normalized spacial score (nSPS) is 21.8. The van der Waals surface area contributed by atoms with Crippen molar-refractivity contribution in [1.29, 1.82) is 0 Å². The van der Waals surface area contributed by atoms with Crippen molar-refractivity contribution in [2.75, 3.05) is 20.2 Å². The lowest BCUT2D eigenvalue weighted by molar-refractivity contribution is -0.130. The van der Waals surface area contributed by atoms with Crippen LogP contribution in [0.5, 0.6) is 5.75 Å². The molecule has 1 atom stereocenters. The molecular formula is C19H25N3O2. The van der Waals surface area contributed by atoms with Crippen molar-refractivity contribution in [2.24, 2.45) is 5.41 Å². The number of methoxy groups -OCH3 is 1. The van der Waals surface area contributed by atoms with Gasteiger partial charge in [0.05, 0.1) is 13.2 Å². The van der Waals surface area contributed by atoms with Crippen LogP contribution in [0.3, 0.4) is 0 Å². The lowest BCUT2D eigenvalue weighted by Crippen LogP contribution is -2.67. The average molecular weight is 327 g/mol. The van der Waals surface area contributed by atoms with E-state index in [9.17, 15) is 4.79 Å². The van der Waals surface area contributed by atoms with E-state index >= 15 is 0 Å². The summed E-state index contributed by atoms with van der Waals surface area (Å²) in [5.74, 6) is 1.04. The number of ether oxygens (including phenoxy) is 1. The molecule has 1 aliphatic carbocycles. The Bertz CT molecular complexity index is 746. The van der Waals surface area contributed by atoms with Crippen LogP contribution in [0.2, 0.25) is 0 Å². The summed E-state index contributed by atoms with van der Waals surface area (Å²) in [6.07, 6.45) is 7.72. The fourth-order valence-corrected chi connectivity index (χ4v) is 4.42. The highest BCUT2D eigenvalue weighted by molar-refractivity contribution is 5.89. The summed E-state index contributed by atoms with van der Waals surface area (Å²) >= 11 is 0. The highest BCUT2D eigenvalue weighted by Crippen LogP contribution is 2.45. The third-order valence-electron chi connectivity index (χ3n) is 5.79. The Morgan fingerprint density at radius 2 is 2.21 bits per heavy atom. The van der Waals surface area contributed by atoms with Gasteiger partial charge in [0.2, 0.25) is 5.91 Å². The Morgan fingerprint density at radius 1 is 1.38 bits per heavy atom. The molecule has 5 nitrogen and oxygen atoms in total. The number of hydrogen-bond acceptors (Lipinski definition) is 3. The summed E-state index contributed by atoms with van der Waals surface area (Å²) in [5, 5.41) is 7.57. The third kappa shape index (κ3) is 2.47. The molecule has 2 aromatic rings. The Kier molecular flexibility index (Phi) is 3.96. The molecule has 1 saturated heterocycles. The highest BCUT2D eigenvalue weighted by atomic mass is 16.5. The van der Waals surface area contributed by atoms with Crippen molar-refractivity contribution in [1.82, 2.24) is 15.6 Å². The minimum Gasteiger partial charge on any atom is -0.496 e. The number of carbonyl (C=O) groups is 1. The fraction of sp³-hybridized carbons (Fsp3) is 0.526. The van der Waals surface area contributed by atoms with Crippen LogP contribution < -0.4 is 15.4 Å². The zero-order valence-electron chi connectivity index (χ0n) is 14.2. The summed E-state index contributed by atoms with van der Waals surface area (Å²) in [4.78, 5) is 15.8. The molecule has 1 aromatic carbocycles. The van der Waals surface area contributed by atoms with Crippen LogP contribution in [0.4, 0.5) is 0 Å². The molecule has 1 aliphatic heterocycles. The molecule has 1 unspecified atom stereocenters. The van der Waals surface area contributed by atoms with Gasteiger partial charge in [-0.25, -0.2) is 0 Å². The average Bonchev–Trinajstić information content (AvgIpc) is 3.22. The van der Waals surface area contributed by atoms with Crippen LogP contribution in [-0.2, 0) is 11.2 Å². The summed E-state index contributed by atoms with van der Waals surface area (Å²) < 4.78 is 5.46. The number of H-pyrrole nitrogens is 1. The van der Waals surface area contributed by atoms with Crippen LogP contribution in [-0.4, -0.2) is 37.1 Å². The van der Waals surface area contributed by atoms with Crippen molar-refractivity contribution in [2.45, 2.75) is 38.1 Å². The molecule has 1 saturated carbocycles. The number of amides is 1. The molecule has 4 rings (SSSR count). The molecule has 1 amide bonds. The van der Waals surface area contributed by atoms with Gasteiger partial charge in [-0.3, -0.25) is 4.79 Å². The third-order valence-corrected chi connectivity index (χ3v) is 5.79. The Labute approximate surface area is 142 Å². The van der Waals surface area contributed by atoms with Gasteiger partial charge in [-0.05, 0) is 37.0 Å². The zero-order chi connectivity index (χ0) is 16.6. The lowest BCUT2D eigenvalue weighted by atomic mass is 9.71. The van der Waals surface area contributed by atoms with Gasteiger partial charge in [-0.2, -0.15) is 0 Å². The smallest absolute Gasteiger partial charge is 0.237 e. The number of aromatic amines is 1. The first-order valence-electron chi connectivity index (χ1n) is 8.88. The number of benzene rings is 1. The topological polar surface area (TPSA) is 66.1 Å². The molecule has 2 fully saturated rings. The highest BCUT2D eigenvalue weighted by Gasteiger charge is 2.51. The van der Waals surface area contributed by atoms with E-state index in [1.54, 1.807) is 7.11 Å². The minimum atomic E-state index is 0.0116.